The van der Waals surface area contributed by atoms with Gasteiger partial charge in [0.2, 0.25) is 6.33 Å². The molecule has 1 aromatic carbocycles. The second kappa shape index (κ2) is 10.5. The van der Waals surface area contributed by atoms with E-state index in [4.69, 9.17) is 0 Å². The van der Waals surface area contributed by atoms with Gasteiger partial charge in [-0.25, -0.2) is 13.3 Å². The summed E-state index contributed by atoms with van der Waals surface area (Å²) in [4.78, 5) is 0. The van der Waals surface area contributed by atoms with E-state index >= 15 is 0 Å². The molecule has 0 bridgehead atoms. The number of nitrogens with zero attached hydrogens (tertiary/aromatic N) is 3. The van der Waals surface area contributed by atoms with Gasteiger partial charge in [-0.1, -0.05) is 39.0 Å². The fraction of sp³-hybridized carbons (Fsp3) is 0.529. The molecule has 0 atom stereocenters. The fourth-order valence-corrected chi connectivity index (χ4v) is 2.46. The van der Waals surface area contributed by atoms with Crippen LogP contribution in [0.1, 0.15) is 51.0 Å². The Morgan fingerprint density at radius 2 is 1.83 bits per heavy atom. The Labute approximate surface area is 147 Å². The lowest BCUT2D eigenvalue weighted by Gasteiger charge is -2.00. The summed E-state index contributed by atoms with van der Waals surface area (Å²) in [7, 11) is 0. The van der Waals surface area contributed by atoms with E-state index < -0.39 is 11.6 Å². The van der Waals surface area contributed by atoms with E-state index in [1.54, 1.807) is 11.0 Å². The van der Waals surface area contributed by atoms with Gasteiger partial charge in [0, 0.05) is 16.7 Å². The molecule has 2 aromatic rings. The molecular weight excluding hydrogens is 364 g/mol. The van der Waals surface area contributed by atoms with Crippen molar-refractivity contribution in [2.24, 2.45) is 0 Å². The van der Waals surface area contributed by atoms with Crippen LogP contribution >= 0.6 is 0 Å². The van der Waals surface area contributed by atoms with Gasteiger partial charge in [0.25, 0.3) is 6.33 Å². The molecule has 23 heavy (non-hydrogen) atoms. The number of rotatable bonds is 9. The largest absolute Gasteiger partial charge is 1.00 e. The topological polar surface area (TPSA) is 21.7 Å². The molecule has 0 saturated heterocycles. The minimum atomic E-state index is -0.556. The molecule has 0 radical (unpaired) electrons. The normalized spacial score (nSPS) is 10.6. The quantitative estimate of drug-likeness (QED) is 0.462. The summed E-state index contributed by atoms with van der Waals surface area (Å²) in [5.41, 5.74) is 0.441. The molecule has 2 rings (SSSR count). The Morgan fingerprint density at radius 1 is 1.09 bits per heavy atom. The zero-order valence-electron chi connectivity index (χ0n) is 13.5. The number of aryl methyl sites for hydroxylation is 1. The number of benzene rings is 1. The summed E-state index contributed by atoms with van der Waals surface area (Å²) in [6.07, 6.45) is 11.2. The zero-order chi connectivity index (χ0) is 15.8. The van der Waals surface area contributed by atoms with E-state index in [-0.39, 0.29) is 17.0 Å². The average Bonchev–Trinajstić information content (AvgIpc) is 2.93. The summed E-state index contributed by atoms with van der Waals surface area (Å²) in [6, 6.07) is 3.64. The van der Waals surface area contributed by atoms with E-state index in [0.29, 0.717) is 12.1 Å². The maximum absolute atomic E-state index is 13.6. The van der Waals surface area contributed by atoms with Crippen molar-refractivity contribution in [3.8, 4) is 0 Å². The first-order valence-electron chi connectivity index (χ1n) is 8.04. The molecule has 3 nitrogen and oxygen atoms in total. The van der Waals surface area contributed by atoms with Gasteiger partial charge >= 0.3 is 0 Å². The van der Waals surface area contributed by atoms with Crippen molar-refractivity contribution in [2.45, 2.75) is 58.5 Å². The van der Waals surface area contributed by atoms with Crippen LogP contribution in [-0.2, 0) is 13.1 Å². The standard InChI is InChI=1S/C17H24F2N3.BrH/c1-2-3-4-5-6-7-10-21-13-20-22(14-21)12-15-8-9-16(18)11-17(15)19;/h8-9,11,13-14H,2-7,10,12H2,1H3;1H/q+1;/p-1. The lowest BCUT2D eigenvalue weighted by atomic mass is 10.1. The first kappa shape index (κ1) is 19.7. The van der Waals surface area contributed by atoms with Gasteiger partial charge in [-0.15, -0.1) is 4.68 Å². The van der Waals surface area contributed by atoms with Gasteiger partial charge in [-0.3, -0.25) is 0 Å². The van der Waals surface area contributed by atoms with Crippen LogP contribution in [0.25, 0.3) is 0 Å². The van der Waals surface area contributed by atoms with Gasteiger partial charge in [-0.05, 0) is 18.6 Å². The van der Waals surface area contributed by atoms with Crippen LogP contribution in [0.4, 0.5) is 8.78 Å². The molecule has 0 N–H and O–H groups in total. The second-order valence-corrected chi connectivity index (χ2v) is 5.69. The number of hydrogen-bond donors (Lipinski definition) is 0. The van der Waals surface area contributed by atoms with Gasteiger partial charge in [0.05, 0.1) is 6.54 Å². The molecule has 0 saturated carbocycles. The maximum Gasteiger partial charge on any atom is 0.265 e. The fourth-order valence-electron chi connectivity index (χ4n) is 2.46. The average molecular weight is 388 g/mol. The molecular formula is C17H24BrF2N3. The zero-order valence-corrected chi connectivity index (χ0v) is 15.1. The van der Waals surface area contributed by atoms with Crippen LogP contribution in [0.3, 0.4) is 0 Å². The van der Waals surface area contributed by atoms with Gasteiger partial charge in [0.15, 0.2) is 0 Å². The van der Waals surface area contributed by atoms with Crippen LogP contribution in [0.5, 0.6) is 0 Å². The molecule has 0 fully saturated rings. The molecule has 6 heteroatoms. The van der Waals surface area contributed by atoms with Crippen molar-refractivity contribution in [1.82, 2.24) is 9.78 Å². The number of unbranched alkanes of at least 4 members (excludes halogenated alkanes) is 5. The predicted octanol–water partition coefficient (Wildman–Crippen LogP) is 0.862. The summed E-state index contributed by atoms with van der Waals surface area (Å²) in [5.74, 6) is -1.09. The molecule has 0 unspecified atom stereocenters. The molecule has 128 valence electrons. The minimum Gasteiger partial charge on any atom is -1.00 e. The van der Waals surface area contributed by atoms with Gasteiger partial charge < -0.3 is 17.0 Å². The van der Waals surface area contributed by atoms with Crippen molar-refractivity contribution in [3.63, 3.8) is 0 Å². The summed E-state index contributed by atoms with van der Waals surface area (Å²) >= 11 is 0. The Balaban J connectivity index is 0.00000264. The van der Waals surface area contributed by atoms with Crippen LogP contribution in [0.15, 0.2) is 30.9 Å². The number of aromatic nitrogens is 3. The highest BCUT2D eigenvalue weighted by Gasteiger charge is 2.10. The molecule has 0 amide bonds. The highest BCUT2D eigenvalue weighted by atomic mass is 79.9. The Morgan fingerprint density at radius 3 is 2.57 bits per heavy atom. The van der Waals surface area contributed by atoms with E-state index in [1.165, 1.54) is 44.2 Å². The van der Waals surface area contributed by atoms with Crippen molar-refractivity contribution >= 4 is 0 Å². The summed E-state index contributed by atoms with van der Waals surface area (Å²) in [5, 5.41) is 4.22. The lowest BCUT2D eigenvalue weighted by molar-refractivity contribution is -0.698. The van der Waals surface area contributed by atoms with E-state index in [2.05, 4.69) is 12.0 Å². The van der Waals surface area contributed by atoms with Crippen molar-refractivity contribution in [3.05, 3.63) is 48.1 Å². The third kappa shape index (κ3) is 6.77. The monoisotopic (exact) mass is 387 g/mol. The molecule has 1 heterocycles. The SMILES string of the molecule is CCCCCCCC[n+]1cnn(Cc2ccc(F)cc2F)c1.[Br-]. The number of halogens is 3. The third-order valence-electron chi connectivity index (χ3n) is 3.75. The third-order valence-corrected chi connectivity index (χ3v) is 3.75. The molecule has 1 aromatic heterocycles. The van der Waals surface area contributed by atoms with Crippen molar-refractivity contribution in [2.75, 3.05) is 0 Å². The smallest absolute Gasteiger partial charge is 0.265 e. The van der Waals surface area contributed by atoms with Crippen molar-refractivity contribution < 1.29 is 30.3 Å². The van der Waals surface area contributed by atoms with Crippen molar-refractivity contribution in [1.29, 1.82) is 0 Å². The first-order valence-corrected chi connectivity index (χ1v) is 8.04. The number of hydrogen-bond acceptors (Lipinski definition) is 1. The molecule has 0 aliphatic rings. The van der Waals surface area contributed by atoms with Crippen LogP contribution in [-0.4, -0.2) is 9.78 Å². The Hall–Kier alpha value is -1.30. The second-order valence-electron chi connectivity index (χ2n) is 5.69. The Kier molecular flexibility index (Phi) is 8.99. The van der Waals surface area contributed by atoms with Gasteiger partial charge in [0.1, 0.15) is 18.2 Å². The highest BCUT2D eigenvalue weighted by Crippen LogP contribution is 2.10. The lowest BCUT2D eigenvalue weighted by Crippen LogP contribution is -3.00. The highest BCUT2D eigenvalue weighted by molar-refractivity contribution is 5.18. The first-order chi connectivity index (χ1) is 10.7. The van der Waals surface area contributed by atoms with Crippen LogP contribution in [0.2, 0.25) is 0 Å². The van der Waals surface area contributed by atoms with E-state index in [1.807, 2.05) is 10.9 Å². The minimum absolute atomic E-state index is 0. The summed E-state index contributed by atoms with van der Waals surface area (Å²) < 4.78 is 30.2. The van der Waals surface area contributed by atoms with E-state index in [9.17, 15) is 8.78 Å². The maximum atomic E-state index is 13.6. The molecule has 0 spiro atoms. The van der Waals surface area contributed by atoms with Crippen LogP contribution in [0, 0.1) is 11.6 Å². The summed E-state index contributed by atoms with van der Waals surface area (Å²) in [6.45, 7) is 3.46. The molecule has 0 aliphatic heterocycles. The van der Waals surface area contributed by atoms with E-state index in [0.717, 1.165) is 19.0 Å². The van der Waals surface area contributed by atoms with Gasteiger partial charge in [-0.2, -0.15) is 0 Å². The molecule has 0 aliphatic carbocycles. The predicted molar refractivity (Wildman–Crippen MR) is 81.3 cm³/mol. The Bertz CT molecular complexity index is 587. The van der Waals surface area contributed by atoms with Crippen LogP contribution < -0.4 is 21.5 Å².